The van der Waals surface area contributed by atoms with Gasteiger partial charge in [0.05, 0.1) is 22.9 Å². The number of aryl methyl sites for hydroxylation is 1. The van der Waals surface area contributed by atoms with Gasteiger partial charge >= 0.3 is 0 Å². The number of hydrogen-bond donors (Lipinski definition) is 1. The minimum absolute atomic E-state index is 0.248. The Labute approximate surface area is 165 Å². The topological polar surface area (TPSA) is 73.5 Å². The maximum absolute atomic E-state index is 13.6. The summed E-state index contributed by atoms with van der Waals surface area (Å²) in [4.78, 5) is 17.8. The van der Waals surface area contributed by atoms with Crippen LogP contribution >= 0.6 is 0 Å². The maximum Gasteiger partial charge on any atom is 0.178 e. The number of aromatic nitrogens is 6. The molecule has 0 bridgehead atoms. The first-order valence-electron chi connectivity index (χ1n) is 9.21. The van der Waals surface area contributed by atoms with Crippen LogP contribution in [0.25, 0.3) is 27.9 Å². The fourth-order valence-corrected chi connectivity index (χ4v) is 3.63. The number of hydrogen-bond acceptors (Lipinski definition) is 5. The monoisotopic (exact) mass is 387 g/mol. The van der Waals surface area contributed by atoms with Crippen LogP contribution in [-0.2, 0) is 6.54 Å². The average molecular weight is 387 g/mol. The molecule has 0 spiro atoms. The van der Waals surface area contributed by atoms with Crippen molar-refractivity contribution in [1.82, 2.24) is 29.1 Å². The largest absolute Gasteiger partial charge is 0.371 e. The van der Waals surface area contributed by atoms with Crippen molar-refractivity contribution >= 4 is 28.0 Å². The second kappa shape index (κ2) is 6.66. The van der Waals surface area contributed by atoms with Crippen molar-refractivity contribution in [2.45, 2.75) is 13.5 Å². The summed E-state index contributed by atoms with van der Waals surface area (Å²) in [7, 11) is 1.83. The number of imidazole rings is 1. The molecule has 0 saturated heterocycles. The van der Waals surface area contributed by atoms with E-state index in [-0.39, 0.29) is 5.82 Å². The number of rotatable bonds is 4. The molecule has 0 saturated carbocycles. The zero-order valence-electron chi connectivity index (χ0n) is 16.0. The van der Waals surface area contributed by atoms with Gasteiger partial charge in [-0.3, -0.25) is 0 Å². The molecule has 5 aromatic rings. The Morgan fingerprint density at radius 3 is 2.83 bits per heavy atom. The molecule has 144 valence electrons. The fraction of sp³-hybridized carbons (Fsp3) is 0.143. The molecule has 1 aromatic carbocycles. The molecule has 0 amide bonds. The van der Waals surface area contributed by atoms with Gasteiger partial charge in [-0.25, -0.2) is 24.3 Å². The van der Waals surface area contributed by atoms with Crippen LogP contribution in [0.3, 0.4) is 0 Å². The maximum atomic E-state index is 13.6. The van der Waals surface area contributed by atoms with E-state index in [4.69, 9.17) is 0 Å². The van der Waals surface area contributed by atoms with Crippen LogP contribution in [-0.4, -0.2) is 36.1 Å². The number of pyridine rings is 1. The van der Waals surface area contributed by atoms with Crippen molar-refractivity contribution in [2.75, 3.05) is 12.4 Å². The molecule has 0 radical (unpaired) electrons. The number of halogens is 1. The summed E-state index contributed by atoms with van der Waals surface area (Å²) >= 11 is 0. The number of nitrogens with zero attached hydrogens (tertiary/aromatic N) is 6. The van der Waals surface area contributed by atoms with Gasteiger partial charge in [-0.1, -0.05) is 12.1 Å². The molecule has 5 rings (SSSR count). The Hall–Kier alpha value is -3.81. The minimum Gasteiger partial charge on any atom is -0.371 e. The van der Waals surface area contributed by atoms with Crippen molar-refractivity contribution in [2.24, 2.45) is 0 Å². The lowest BCUT2D eigenvalue weighted by Gasteiger charge is -2.10. The third-order valence-corrected chi connectivity index (χ3v) is 5.00. The first-order valence-corrected chi connectivity index (χ1v) is 9.21. The van der Waals surface area contributed by atoms with E-state index in [1.54, 1.807) is 18.3 Å². The van der Waals surface area contributed by atoms with Gasteiger partial charge in [-0.2, -0.15) is 0 Å². The summed E-state index contributed by atoms with van der Waals surface area (Å²) in [5.41, 5.74) is 5.01. The lowest BCUT2D eigenvalue weighted by atomic mass is 10.2. The van der Waals surface area contributed by atoms with E-state index in [2.05, 4.69) is 25.3 Å². The van der Waals surface area contributed by atoms with E-state index in [1.807, 2.05) is 47.5 Å². The molecule has 4 aromatic heterocycles. The summed E-state index contributed by atoms with van der Waals surface area (Å²) in [5, 5.41) is 3.11. The summed E-state index contributed by atoms with van der Waals surface area (Å²) in [6.45, 7) is 2.45. The smallest absolute Gasteiger partial charge is 0.178 e. The molecule has 0 atom stereocenters. The van der Waals surface area contributed by atoms with Gasteiger partial charge in [0.15, 0.2) is 11.5 Å². The van der Waals surface area contributed by atoms with Gasteiger partial charge in [0, 0.05) is 19.8 Å². The third kappa shape index (κ3) is 2.89. The quantitative estimate of drug-likeness (QED) is 0.509. The summed E-state index contributed by atoms with van der Waals surface area (Å²) < 4.78 is 17.7. The Morgan fingerprint density at radius 1 is 1.10 bits per heavy atom. The normalized spacial score (nSPS) is 11.4. The molecule has 29 heavy (non-hydrogen) atoms. The molecule has 0 unspecified atom stereocenters. The van der Waals surface area contributed by atoms with Gasteiger partial charge < -0.3 is 14.5 Å². The number of benzene rings is 1. The first-order chi connectivity index (χ1) is 14.1. The number of nitrogens with one attached hydrogen (secondary N) is 1. The van der Waals surface area contributed by atoms with Crippen LogP contribution in [0, 0.1) is 12.7 Å². The van der Waals surface area contributed by atoms with Gasteiger partial charge in [0.25, 0.3) is 0 Å². The molecule has 7 nitrogen and oxygen atoms in total. The molecule has 0 aliphatic carbocycles. The van der Waals surface area contributed by atoms with Crippen LogP contribution in [0.5, 0.6) is 0 Å². The second-order valence-electron chi connectivity index (χ2n) is 6.80. The molecule has 8 heteroatoms. The van der Waals surface area contributed by atoms with Gasteiger partial charge in [0.1, 0.15) is 23.5 Å². The molecule has 0 aliphatic heterocycles. The Morgan fingerprint density at radius 2 is 2.00 bits per heavy atom. The molecular weight excluding hydrogens is 369 g/mol. The van der Waals surface area contributed by atoms with E-state index >= 15 is 0 Å². The van der Waals surface area contributed by atoms with Crippen molar-refractivity contribution in [3.05, 3.63) is 72.3 Å². The van der Waals surface area contributed by atoms with E-state index < -0.39 is 0 Å². The Kier molecular flexibility index (Phi) is 3.97. The highest BCUT2D eigenvalue weighted by Crippen LogP contribution is 2.26. The Bertz CT molecular complexity index is 1350. The minimum atomic E-state index is -0.248. The predicted octanol–water partition coefficient (Wildman–Crippen LogP) is 3.70. The summed E-state index contributed by atoms with van der Waals surface area (Å²) in [6.07, 6.45) is 5.27. The second-order valence-corrected chi connectivity index (χ2v) is 6.80. The summed E-state index contributed by atoms with van der Waals surface area (Å²) in [5.74, 6) is 1.32. The number of fused-ring (bicyclic) bond motifs is 2. The zero-order chi connectivity index (χ0) is 20.0. The van der Waals surface area contributed by atoms with E-state index in [0.717, 1.165) is 39.4 Å². The molecular formula is C21H18FN7. The van der Waals surface area contributed by atoms with Crippen LogP contribution in [0.4, 0.5) is 10.2 Å². The van der Waals surface area contributed by atoms with Crippen LogP contribution in [0.15, 0.2) is 55.1 Å². The number of anilines is 1. The molecule has 0 fully saturated rings. The Balaban J connectivity index is 1.66. The van der Waals surface area contributed by atoms with Crippen molar-refractivity contribution in [3.8, 4) is 5.69 Å². The van der Waals surface area contributed by atoms with Gasteiger partial charge in [0.2, 0.25) is 0 Å². The van der Waals surface area contributed by atoms with Crippen molar-refractivity contribution in [1.29, 1.82) is 0 Å². The van der Waals surface area contributed by atoms with E-state index in [1.165, 1.54) is 12.4 Å². The highest BCUT2D eigenvalue weighted by Gasteiger charge is 2.14. The van der Waals surface area contributed by atoms with Crippen molar-refractivity contribution < 1.29 is 4.39 Å². The summed E-state index contributed by atoms with van der Waals surface area (Å²) in [6, 6.07) is 10.6. The zero-order valence-corrected chi connectivity index (χ0v) is 16.0. The first kappa shape index (κ1) is 17.3. The predicted molar refractivity (Wildman–Crippen MR) is 110 cm³/mol. The van der Waals surface area contributed by atoms with Gasteiger partial charge in [-0.15, -0.1) is 0 Å². The molecule has 0 aliphatic rings. The fourth-order valence-electron chi connectivity index (χ4n) is 3.63. The van der Waals surface area contributed by atoms with Crippen LogP contribution in [0.2, 0.25) is 0 Å². The lowest BCUT2D eigenvalue weighted by Crippen LogP contribution is -2.03. The van der Waals surface area contributed by atoms with Crippen LogP contribution in [0.1, 0.15) is 11.4 Å². The average Bonchev–Trinajstić information content (AvgIpc) is 3.29. The highest BCUT2D eigenvalue weighted by molar-refractivity contribution is 5.88. The van der Waals surface area contributed by atoms with Crippen LogP contribution < -0.4 is 5.32 Å². The van der Waals surface area contributed by atoms with E-state index in [9.17, 15) is 4.39 Å². The van der Waals surface area contributed by atoms with E-state index in [0.29, 0.717) is 12.2 Å². The van der Waals surface area contributed by atoms with Crippen molar-refractivity contribution in [3.63, 3.8) is 0 Å². The SMILES string of the molecule is CNc1ncnc2ccn(-c3cnc4nc(C)n(Cc5cccc(F)c5)c4c3)c12. The third-order valence-electron chi connectivity index (χ3n) is 5.00. The lowest BCUT2D eigenvalue weighted by molar-refractivity contribution is 0.623. The molecule has 4 heterocycles. The standard InChI is InChI=1S/C21H18FN7/c1-13-27-20-18(29(13)11-14-4-3-5-15(22)8-14)9-16(10-24-20)28-7-6-17-19(28)21(23-2)26-12-25-17/h3-10,12H,11H2,1-2H3,(H,23,25,26). The highest BCUT2D eigenvalue weighted by atomic mass is 19.1. The molecule has 1 N–H and O–H groups in total. The van der Waals surface area contributed by atoms with Gasteiger partial charge in [-0.05, 0) is 36.8 Å².